The monoisotopic (exact) mass is 254 g/mol. The molecule has 1 aliphatic heterocycles. The Hall–Kier alpha value is -0.940. The number of likely N-dealkylation sites (tertiary alicyclic amines) is 1. The average Bonchev–Trinajstić information content (AvgIpc) is 2.74. The normalized spacial score (nSPS) is 25.0. The number of aromatic nitrogens is 1. The van der Waals surface area contributed by atoms with Gasteiger partial charge in [-0.05, 0) is 25.7 Å². The Balaban J connectivity index is 2.21. The highest BCUT2D eigenvalue weighted by Crippen LogP contribution is 2.26. The summed E-state index contributed by atoms with van der Waals surface area (Å²) in [5.41, 5.74) is 2.49. The molecule has 1 amide bonds. The Labute approximate surface area is 105 Å². The molecule has 17 heavy (non-hydrogen) atoms. The van der Waals surface area contributed by atoms with Gasteiger partial charge in [-0.25, -0.2) is 4.98 Å². The van der Waals surface area contributed by atoms with Crippen LogP contribution in [-0.2, 0) is 0 Å². The maximum Gasteiger partial charge on any atom is 0.266 e. The highest BCUT2D eigenvalue weighted by molar-refractivity contribution is 7.11. The molecule has 2 rings (SSSR count). The smallest absolute Gasteiger partial charge is 0.266 e. The van der Waals surface area contributed by atoms with Crippen molar-refractivity contribution in [2.24, 2.45) is 5.92 Å². The standard InChI is InChI=1S/C12H18N2O2S/c1-8-4-3-5-14(10(8)6-15)12(16)11-9(2)13-7-17-11/h7-8,10,15H,3-6H2,1-2H3. The third kappa shape index (κ3) is 2.35. The second-order valence-electron chi connectivity index (χ2n) is 4.63. The third-order valence-electron chi connectivity index (χ3n) is 3.50. The molecule has 5 heteroatoms. The number of amides is 1. The molecule has 1 saturated heterocycles. The first-order valence-electron chi connectivity index (χ1n) is 5.97. The number of rotatable bonds is 2. The Bertz CT molecular complexity index is 405. The van der Waals surface area contributed by atoms with E-state index in [0.29, 0.717) is 10.8 Å². The lowest BCUT2D eigenvalue weighted by Crippen LogP contribution is -2.49. The molecule has 0 aliphatic carbocycles. The lowest BCUT2D eigenvalue weighted by atomic mass is 9.91. The maximum absolute atomic E-state index is 12.4. The molecule has 94 valence electrons. The summed E-state index contributed by atoms with van der Waals surface area (Å²) in [5, 5.41) is 9.44. The van der Waals surface area contributed by atoms with E-state index in [4.69, 9.17) is 0 Å². The first-order valence-corrected chi connectivity index (χ1v) is 6.85. The molecule has 0 radical (unpaired) electrons. The lowest BCUT2D eigenvalue weighted by molar-refractivity contribution is 0.0362. The summed E-state index contributed by atoms with van der Waals surface area (Å²) in [4.78, 5) is 19.0. The van der Waals surface area contributed by atoms with Crippen LogP contribution in [0.5, 0.6) is 0 Å². The quantitative estimate of drug-likeness (QED) is 0.873. The van der Waals surface area contributed by atoms with Crippen LogP contribution in [0.1, 0.15) is 35.1 Å². The van der Waals surface area contributed by atoms with Gasteiger partial charge in [0.2, 0.25) is 0 Å². The molecule has 2 heterocycles. The van der Waals surface area contributed by atoms with Gasteiger partial charge in [0.25, 0.3) is 5.91 Å². The van der Waals surface area contributed by atoms with Crippen molar-refractivity contribution < 1.29 is 9.90 Å². The molecule has 4 nitrogen and oxygen atoms in total. The highest BCUT2D eigenvalue weighted by atomic mass is 32.1. The first kappa shape index (κ1) is 12.5. The number of hydrogen-bond donors (Lipinski definition) is 1. The molecule has 1 aliphatic rings. The number of aliphatic hydroxyl groups is 1. The largest absolute Gasteiger partial charge is 0.394 e. The van der Waals surface area contributed by atoms with Gasteiger partial charge in [0.15, 0.2) is 0 Å². The Kier molecular flexibility index (Phi) is 3.79. The molecule has 1 N–H and O–H groups in total. The van der Waals surface area contributed by atoms with Crippen molar-refractivity contribution in [1.82, 2.24) is 9.88 Å². The molecule has 1 aromatic rings. The van der Waals surface area contributed by atoms with Gasteiger partial charge in [-0.3, -0.25) is 4.79 Å². The van der Waals surface area contributed by atoms with Crippen LogP contribution in [0.4, 0.5) is 0 Å². The van der Waals surface area contributed by atoms with Crippen LogP contribution in [0.15, 0.2) is 5.51 Å². The molecule has 1 fully saturated rings. The Morgan fingerprint density at radius 3 is 3.06 bits per heavy atom. The number of hydrogen-bond acceptors (Lipinski definition) is 4. The summed E-state index contributed by atoms with van der Waals surface area (Å²) in [6.45, 7) is 4.74. The van der Waals surface area contributed by atoms with Gasteiger partial charge in [-0.15, -0.1) is 11.3 Å². The number of thiazole rings is 1. The predicted molar refractivity (Wildman–Crippen MR) is 67.2 cm³/mol. The fourth-order valence-electron chi connectivity index (χ4n) is 2.42. The highest BCUT2D eigenvalue weighted by Gasteiger charge is 2.32. The molecule has 0 aromatic carbocycles. The molecule has 2 atom stereocenters. The Morgan fingerprint density at radius 2 is 2.47 bits per heavy atom. The topological polar surface area (TPSA) is 53.4 Å². The zero-order valence-corrected chi connectivity index (χ0v) is 11.0. The van der Waals surface area contributed by atoms with Crippen LogP contribution in [0.2, 0.25) is 0 Å². The number of nitrogens with zero attached hydrogens (tertiary/aromatic N) is 2. The Morgan fingerprint density at radius 1 is 1.71 bits per heavy atom. The van der Waals surface area contributed by atoms with E-state index >= 15 is 0 Å². The van der Waals surface area contributed by atoms with Gasteiger partial charge < -0.3 is 10.0 Å². The van der Waals surface area contributed by atoms with E-state index in [-0.39, 0.29) is 18.6 Å². The number of carbonyl (C=O) groups excluding carboxylic acids is 1. The van der Waals surface area contributed by atoms with Gasteiger partial charge in [0, 0.05) is 6.54 Å². The minimum atomic E-state index is -0.0438. The molecule has 0 spiro atoms. The second kappa shape index (κ2) is 5.14. The number of piperidine rings is 1. The van der Waals surface area contributed by atoms with Crippen molar-refractivity contribution in [1.29, 1.82) is 0 Å². The van der Waals surface area contributed by atoms with Gasteiger partial charge in [-0.1, -0.05) is 6.92 Å². The SMILES string of the molecule is Cc1ncsc1C(=O)N1CCCC(C)C1CO. The number of carbonyl (C=O) groups is 1. The van der Waals surface area contributed by atoms with Crippen molar-refractivity contribution in [2.75, 3.05) is 13.2 Å². The molecular weight excluding hydrogens is 236 g/mol. The molecule has 1 aromatic heterocycles. The van der Waals surface area contributed by atoms with E-state index in [1.54, 1.807) is 5.51 Å². The minimum Gasteiger partial charge on any atom is -0.394 e. The van der Waals surface area contributed by atoms with E-state index in [1.165, 1.54) is 11.3 Å². The van der Waals surface area contributed by atoms with Gasteiger partial charge in [-0.2, -0.15) is 0 Å². The maximum atomic E-state index is 12.4. The summed E-state index contributed by atoms with van der Waals surface area (Å²) >= 11 is 1.38. The van der Waals surface area contributed by atoms with Crippen molar-refractivity contribution in [3.63, 3.8) is 0 Å². The van der Waals surface area contributed by atoms with Crippen LogP contribution in [-0.4, -0.2) is 40.1 Å². The van der Waals surface area contributed by atoms with E-state index in [0.717, 1.165) is 25.1 Å². The number of aliphatic hydroxyl groups excluding tert-OH is 1. The van der Waals surface area contributed by atoms with Crippen LogP contribution in [0.25, 0.3) is 0 Å². The molecule has 2 unspecified atom stereocenters. The zero-order chi connectivity index (χ0) is 12.4. The van der Waals surface area contributed by atoms with E-state index in [2.05, 4.69) is 11.9 Å². The summed E-state index contributed by atoms with van der Waals surface area (Å²) in [7, 11) is 0. The fraction of sp³-hybridized carbons (Fsp3) is 0.667. The van der Waals surface area contributed by atoms with Crippen molar-refractivity contribution in [2.45, 2.75) is 32.7 Å². The van der Waals surface area contributed by atoms with Crippen LogP contribution in [0.3, 0.4) is 0 Å². The third-order valence-corrected chi connectivity index (χ3v) is 4.42. The van der Waals surface area contributed by atoms with Crippen molar-refractivity contribution in [3.05, 3.63) is 16.1 Å². The van der Waals surface area contributed by atoms with E-state index < -0.39 is 0 Å². The summed E-state index contributed by atoms with van der Waals surface area (Å²) in [5.74, 6) is 0.390. The van der Waals surface area contributed by atoms with Crippen LogP contribution >= 0.6 is 11.3 Å². The van der Waals surface area contributed by atoms with Crippen molar-refractivity contribution in [3.8, 4) is 0 Å². The van der Waals surface area contributed by atoms with E-state index in [9.17, 15) is 9.90 Å². The summed E-state index contributed by atoms with van der Waals surface area (Å²) < 4.78 is 0. The van der Waals surface area contributed by atoms with Crippen LogP contribution in [0, 0.1) is 12.8 Å². The summed E-state index contributed by atoms with van der Waals surface area (Å²) in [6, 6.07) is -0.0438. The predicted octanol–water partition coefficient (Wildman–Crippen LogP) is 1.68. The van der Waals surface area contributed by atoms with E-state index in [1.807, 2.05) is 11.8 Å². The van der Waals surface area contributed by atoms with Gasteiger partial charge in [0.05, 0.1) is 23.9 Å². The minimum absolute atomic E-state index is 0.0237. The van der Waals surface area contributed by atoms with Gasteiger partial charge >= 0.3 is 0 Å². The first-order chi connectivity index (χ1) is 8.15. The number of aryl methyl sites for hydroxylation is 1. The lowest BCUT2D eigenvalue weighted by Gasteiger charge is -2.38. The zero-order valence-electron chi connectivity index (χ0n) is 10.2. The second-order valence-corrected chi connectivity index (χ2v) is 5.49. The van der Waals surface area contributed by atoms with Crippen molar-refractivity contribution >= 4 is 17.2 Å². The van der Waals surface area contributed by atoms with Crippen LogP contribution < -0.4 is 0 Å². The fourth-order valence-corrected chi connectivity index (χ4v) is 3.17. The average molecular weight is 254 g/mol. The molecule has 0 saturated carbocycles. The molecular formula is C12H18N2O2S. The van der Waals surface area contributed by atoms with Gasteiger partial charge in [0.1, 0.15) is 4.88 Å². The summed E-state index contributed by atoms with van der Waals surface area (Å²) in [6.07, 6.45) is 2.10. The molecule has 0 bridgehead atoms.